The summed E-state index contributed by atoms with van der Waals surface area (Å²) >= 11 is 0. The number of aryl methyl sites for hydroxylation is 1. The van der Waals surface area contributed by atoms with Gasteiger partial charge in [-0.05, 0) is 66.3 Å². The Kier molecular flexibility index (Phi) is 11.6. The SMILES string of the molecule is c1ccc(-c2ccc(-c3ccc(CCCCCCCCCCCOC4CCCCO4)cc3)cc2)cc1. The molecule has 2 nitrogen and oxygen atoms in total. The Labute approximate surface area is 219 Å². The number of ether oxygens (including phenoxy) is 2. The summed E-state index contributed by atoms with van der Waals surface area (Å²) in [7, 11) is 0. The highest BCUT2D eigenvalue weighted by atomic mass is 16.7. The van der Waals surface area contributed by atoms with Gasteiger partial charge in [0.25, 0.3) is 0 Å². The first-order valence-electron chi connectivity index (χ1n) is 14.4. The van der Waals surface area contributed by atoms with Gasteiger partial charge >= 0.3 is 0 Å². The minimum absolute atomic E-state index is 0.0780. The third-order valence-corrected chi connectivity index (χ3v) is 7.33. The van der Waals surface area contributed by atoms with E-state index in [1.54, 1.807) is 0 Å². The lowest BCUT2D eigenvalue weighted by molar-refractivity contribution is -0.162. The minimum atomic E-state index is 0.0780. The molecule has 2 heteroatoms. The van der Waals surface area contributed by atoms with Gasteiger partial charge in [0.15, 0.2) is 6.29 Å². The van der Waals surface area contributed by atoms with Crippen LogP contribution in [0.5, 0.6) is 0 Å². The predicted molar refractivity (Wildman–Crippen MR) is 152 cm³/mol. The number of benzene rings is 3. The summed E-state index contributed by atoms with van der Waals surface area (Å²) < 4.78 is 11.4. The summed E-state index contributed by atoms with van der Waals surface area (Å²) in [4.78, 5) is 0. The van der Waals surface area contributed by atoms with Gasteiger partial charge in [0, 0.05) is 13.2 Å². The molecule has 36 heavy (non-hydrogen) atoms. The molecule has 3 aromatic rings. The van der Waals surface area contributed by atoms with Gasteiger partial charge in [0.05, 0.1) is 0 Å². The van der Waals surface area contributed by atoms with Crippen LogP contribution in [0.1, 0.15) is 82.6 Å². The van der Waals surface area contributed by atoms with Gasteiger partial charge in [0.2, 0.25) is 0 Å². The van der Waals surface area contributed by atoms with Crippen molar-refractivity contribution in [3.63, 3.8) is 0 Å². The molecule has 1 saturated heterocycles. The lowest BCUT2D eigenvalue weighted by Crippen LogP contribution is -2.22. The minimum Gasteiger partial charge on any atom is -0.353 e. The Morgan fingerprint density at radius 3 is 1.67 bits per heavy atom. The average Bonchev–Trinajstić information content (AvgIpc) is 2.95. The van der Waals surface area contributed by atoms with Crippen molar-refractivity contribution in [3.05, 3.63) is 84.4 Å². The summed E-state index contributed by atoms with van der Waals surface area (Å²) in [6, 6.07) is 28.7. The van der Waals surface area contributed by atoms with Crippen LogP contribution in [0.3, 0.4) is 0 Å². The summed E-state index contributed by atoms with van der Waals surface area (Å²) in [6.45, 7) is 1.74. The largest absolute Gasteiger partial charge is 0.353 e. The molecule has 0 amide bonds. The first-order chi connectivity index (χ1) is 17.9. The molecule has 1 heterocycles. The fraction of sp³-hybridized carbons (Fsp3) is 0.471. The summed E-state index contributed by atoms with van der Waals surface area (Å²) in [5.41, 5.74) is 6.58. The van der Waals surface area contributed by atoms with E-state index in [2.05, 4.69) is 78.9 Å². The monoisotopic (exact) mass is 484 g/mol. The van der Waals surface area contributed by atoms with Gasteiger partial charge in [0.1, 0.15) is 0 Å². The Balaban J connectivity index is 1.02. The zero-order valence-electron chi connectivity index (χ0n) is 22.0. The predicted octanol–water partition coefficient (Wildman–Crippen LogP) is 9.62. The maximum atomic E-state index is 5.82. The quantitative estimate of drug-likeness (QED) is 0.200. The molecule has 1 unspecified atom stereocenters. The fourth-order valence-corrected chi connectivity index (χ4v) is 5.08. The fourth-order valence-electron chi connectivity index (χ4n) is 5.08. The van der Waals surface area contributed by atoms with E-state index in [0.29, 0.717) is 0 Å². The van der Waals surface area contributed by atoms with Crippen LogP contribution >= 0.6 is 0 Å². The van der Waals surface area contributed by atoms with Crippen molar-refractivity contribution in [2.24, 2.45) is 0 Å². The molecule has 1 atom stereocenters. The molecular weight excluding hydrogens is 440 g/mol. The Bertz CT molecular complexity index is 956. The highest BCUT2D eigenvalue weighted by molar-refractivity contribution is 5.70. The molecule has 0 aromatic heterocycles. The Hall–Kier alpha value is -2.42. The van der Waals surface area contributed by atoms with Crippen LogP contribution < -0.4 is 0 Å². The van der Waals surface area contributed by atoms with E-state index in [-0.39, 0.29) is 6.29 Å². The summed E-state index contributed by atoms with van der Waals surface area (Å²) in [5, 5.41) is 0. The van der Waals surface area contributed by atoms with Crippen LogP contribution in [0.4, 0.5) is 0 Å². The second-order valence-electron chi connectivity index (χ2n) is 10.2. The molecule has 1 fully saturated rings. The number of unbranched alkanes of at least 4 members (excludes halogenated alkanes) is 8. The zero-order chi connectivity index (χ0) is 24.7. The van der Waals surface area contributed by atoms with Gasteiger partial charge in [-0.3, -0.25) is 0 Å². The molecule has 192 valence electrons. The number of hydrogen-bond acceptors (Lipinski definition) is 2. The lowest BCUT2D eigenvalue weighted by Gasteiger charge is -2.22. The zero-order valence-corrected chi connectivity index (χ0v) is 22.0. The maximum absolute atomic E-state index is 5.82. The van der Waals surface area contributed by atoms with Crippen molar-refractivity contribution >= 4 is 0 Å². The molecule has 0 aliphatic carbocycles. The summed E-state index contributed by atoms with van der Waals surface area (Å²) in [5.74, 6) is 0. The Morgan fingerprint density at radius 1 is 0.556 bits per heavy atom. The molecule has 1 aliphatic rings. The first-order valence-corrected chi connectivity index (χ1v) is 14.4. The molecule has 3 aromatic carbocycles. The van der Waals surface area contributed by atoms with Crippen LogP contribution in [0.2, 0.25) is 0 Å². The van der Waals surface area contributed by atoms with Crippen molar-refractivity contribution in [2.45, 2.75) is 89.8 Å². The number of rotatable bonds is 15. The second kappa shape index (κ2) is 15.6. The molecule has 0 radical (unpaired) electrons. The smallest absolute Gasteiger partial charge is 0.157 e. The van der Waals surface area contributed by atoms with Gasteiger partial charge in [-0.25, -0.2) is 0 Å². The van der Waals surface area contributed by atoms with Crippen LogP contribution in [0, 0.1) is 0 Å². The van der Waals surface area contributed by atoms with E-state index in [4.69, 9.17) is 9.47 Å². The van der Waals surface area contributed by atoms with Gasteiger partial charge in [-0.1, -0.05) is 124 Å². The van der Waals surface area contributed by atoms with E-state index in [9.17, 15) is 0 Å². The topological polar surface area (TPSA) is 18.5 Å². The van der Waals surface area contributed by atoms with Crippen LogP contribution in [-0.4, -0.2) is 19.5 Å². The maximum Gasteiger partial charge on any atom is 0.157 e. The van der Waals surface area contributed by atoms with E-state index < -0.39 is 0 Å². The molecule has 0 spiro atoms. The van der Waals surface area contributed by atoms with Gasteiger partial charge in [-0.2, -0.15) is 0 Å². The Morgan fingerprint density at radius 2 is 1.08 bits per heavy atom. The highest BCUT2D eigenvalue weighted by Crippen LogP contribution is 2.25. The number of hydrogen-bond donors (Lipinski definition) is 0. The highest BCUT2D eigenvalue weighted by Gasteiger charge is 2.13. The molecule has 4 rings (SSSR count). The van der Waals surface area contributed by atoms with Crippen molar-refractivity contribution in [1.29, 1.82) is 0 Å². The standard InChI is InChI=1S/C34H44O2/c1(3-5-7-13-27-35-34-18-12-14-28-36-34)2-4-6-9-15-29-19-21-31(22-20-29)33-25-23-32(24-26-33)30-16-10-8-11-17-30/h8,10-11,16-17,19-26,34H,1-7,9,12-15,18,27-28H2. The molecule has 1 aliphatic heterocycles. The van der Waals surface area contributed by atoms with Crippen LogP contribution in [-0.2, 0) is 15.9 Å². The molecule has 0 N–H and O–H groups in total. The van der Waals surface area contributed by atoms with Gasteiger partial charge in [-0.15, -0.1) is 0 Å². The first kappa shape index (κ1) is 26.6. The van der Waals surface area contributed by atoms with Crippen molar-refractivity contribution in [1.82, 2.24) is 0 Å². The van der Waals surface area contributed by atoms with E-state index in [0.717, 1.165) is 19.6 Å². The molecular formula is C34H44O2. The van der Waals surface area contributed by atoms with Crippen LogP contribution in [0.15, 0.2) is 78.9 Å². The normalized spacial score (nSPS) is 15.7. The van der Waals surface area contributed by atoms with Crippen molar-refractivity contribution in [3.8, 4) is 22.3 Å². The third kappa shape index (κ3) is 9.22. The lowest BCUT2D eigenvalue weighted by atomic mass is 9.98. The van der Waals surface area contributed by atoms with Crippen LogP contribution in [0.25, 0.3) is 22.3 Å². The van der Waals surface area contributed by atoms with E-state index >= 15 is 0 Å². The van der Waals surface area contributed by atoms with Crippen molar-refractivity contribution in [2.75, 3.05) is 13.2 Å². The second-order valence-corrected chi connectivity index (χ2v) is 10.2. The summed E-state index contributed by atoms with van der Waals surface area (Å²) in [6.07, 6.45) is 16.7. The third-order valence-electron chi connectivity index (χ3n) is 7.33. The molecule has 0 bridgehead atoms. The van der Waals surface area contributed by atoms with Crippen molar-refractivity contribution < 1.29 is 9.47 Å². The van der Waals surface area contributed by atoms with Gasteiger partial charge < -0.3 is 9.47 Å². The average molecular weight is 485 g/mol. The van der Waals surface area contributed by atoms with E-state index in [1.807, 2.05) is 0 Å². The van der Waals surface area contributed by atoms with E-state index in [1.165, 1.54) is 105 Å². The molecule has 0 saturated carbocycles.